The van der Waals surface area contributed by atoms with Crippen LogP contribution in [0.3, 0.4) is 0 Å². The standard InChI is InChI=1S/C12H23NO3S/c1-17(14)8-2-5-13-11-3-6-16-12(9-11)4-7-15-10-12/h11,13H,2-10H2,1H3. The van der Waals surface area contributed by atoms with Crippen LogP contribution < -0.4 is 5.32 Å². The Hall–Kier alpha value is 0.0300. The number of ether oxygens (including phenoxy) is 2. The van der Waals surface area contributed by atoms with E-state index in [9.17, 15) is 4.21 Å². The summed E-state index contributed by atoms with van der Waals surface area (Å²) in [5.41, 5.74) is -0.0104. The van der Waals surface area contributed by atoms with Crippen LogP contribution in [0.4, 0.5) is 0 Å². The van der Waals surface area contributed by atoms with Crippen LogP contribution in [0.25, 0.3) is 0 Å². The summed E-state index contributed by atoms with van der Waals surface area (Å²) < 4.78 is 22.3. The average molecular weight is 261 g/mol. The Kier molecular flexibility index (Phi) is 4.97. The van der Waals surface area contributed by atoms with Crippen LogP contribution in [0, 0.1) is 0 Å². The molecule has 1 N–H and O–H groups in total. The van der Waals surface area contributed by atoms with Crippen LogP contribution in [0.15, 0.2) is 0 Å². The van der Waals surface area contributed by atoms with E-state index in [4.69, 9.17) is 9.47 Å². The van der Waals surface area contributed by atoms with Crippen molar-refractivity contribution in [3.8, 4) is 0 Å². The second kappa shape index (κ2) is 6.27. The fraction of sp³-hybridized carbons (Fsp3) is 1.00. The summed E-state index contributed by atoms with van der Waals surface area (Å²) in [6, 6.07) is 0.538. The van der Waals surface area contributed by atoms with Crippen molar-refractivity contribution in [3.63, 3.8) is 0 Å². The van der Waals surface area contributed by atoms with Crippen molar-refractivity contribution in [1.29, 1.82) is 0 Å². The highest BCUT2D eigenvalue weighted by Crippen LogP contribution is 2.32. The largest absolute Gasteiger partial charge is 0.378 e. The fourth-order valence-corrected chi connectivity index (χ4v) is 3.20. The number of nitrogens with one attached hydrogen (secondary N) is 1. The summed E-state index contributed by atoms with van der Waals surface area (Å²) in [6.45, 7) is 3.38. The zero-order valence-electron chi connectivity index (χ0n) is 10.6. The molecule has 17 heavy (non-hydrogen) atoms. The normalized spacial score (nSPS) is 35.2. The Morgan fingerprint density at radius 3 is 3.06 bits per heavy atom. The topological polar surface area (TPSA) is 47.6 Å². The predicted molar refractivity (Wildman–Crippen MR) is 68.7 cm³/mol. The molecule has 5 heteroatoms. The second-order valence-electron chi connectivity index (χ2n) is 5.11. The fourth-order valence-electron chi connectivity index (χ4n) is 2.65. The highest BCUT2D eigenvalue weighted by molar-refractivity contribution is 7.84. The molecule has 0 radical (unpaired) electrons. The van der Waals surface area contributed by atoms with E-state index < -0.39 is 10.8 Å². The van der Waals surface area contributed by atoms with Gasteiger partial charge in [-0.25, -0.2) is 0 Å². The van der Waals surface area contributed by atoms with E-state index in [1.54, 1.807) is 6.26 Å². The first kappa shape index (κ1) is 13.5. The van der Waals surface area contributed by atoms with E-state index in [1.807, 2.05) is 0 Å². The maximum absolute atomic E-state index is 10.9. The lowest BCUT2D eigenvalue weighted by molar-refractivity contribution is -0.0892. The van der Waals surface area contributed by atoms with Crippen molar-refractivity contribution >= 4 is 10.8 Å². The van der Waals surface area contributed by atoms with Gasteiger partial charge in [0, 0.05) is 48.5 Å². The minimum Gasteiger partial charge on any atom is -0.378 e. The summed E-state index contributed by atoms with van der Waals surface area (Å²) in [5.74, 6) is 0.796. The molecule has 100 valence electrons. The van der Waals surface area contributed by atoms with Crippen LogP contribution in [0.2, 0.25) is 0 Å². The first-order valence-corrected chi connectivity index (χ1v) is 8.18. The summed E-state index contributed by atoms with van der Waals surface area (Å²) in [4.78, 5) is 0. The van der Waals surface area contributed by atoms with E-state index in [0.29, 0.717) is 6.04 Å². The molecule has 3 atom stereocenters. The first-order valence-electron chi connectivity index (χ1n) is 6.45. The zero-order chi connectivity index (χ0) is 12.1. The van der Waals surface area contributed by atoms with Gasteiger partial charge < -0.3 is 14.8 Å². The van der Waals surface area contributed by atoms with Crippen LogP contribution in [0.5, 0.6) is 0 Å². The smallest absolute Gasteiger partial charge is 0.0951 e. The highest BCUT2D eigenvalue weighted by Gasteiger charge is 2.40. The van der Waals surface area contributed by atoms with Crippen LogP contribution in [0.1, 0.15) is 25.7 Å². The lowest BCUT2D eigenvalue weighted by Crippen LogP contribution is -2.47. The van der Waals surface area contributed by atoms with Crippen molar-refractivity contribution in [2.24, 2.45) is 0 Å². The molecule has 0 aromatic rings. The molecule has 2 heterocycles. The number of hydrogen-bond acceptors (Lipinski definition) is 4. The molecule has 2 fully saturated rings. The van der Waals surface area contributed by atoms with Crippen LogP contribution in [-0.4, -0.2) is 54.2 Å². The van der Waals surface area contributed by atoms with E-state index in [2.05, 4.69) is 5.32 Å². The molecule has 0 bridgehead atoms. The third-order valence-corrected chi connectivity index (χ3v) is 4.47. The molecule has 4 nitrogen and oxygen atoms in total. The molecule has 2 rings (SSSR count). The maximum atomic E-state index is 10.9. The Morgan fingerprint density at radius 1 is 1.47 bits per heavy atom. The van der Waals surface area contributed by atoms with Gasteiger partial charge >= 0.3 is 0 Å². The van der Waals surface area contributed by atoms with Gasteiger partial charge in [0.05, 0.1) is 12.2 Å². The van der Waals surface area contributed by atoms with Gasteiger partial charge in [-0.15, -0.1) is 0 Å². The molecule has 3 unspecified atom stereocenters. The summed E-state index contributed by atoms with van der Waals surface area (Å²) in [6.07, 6.45) is 5.92. The molecule has 0 aromatic carbocycles. The van der Waals surface area contributed by atoms with E-state index in [0.717, 1.165) is 57.8 Å². The minimum atomic E-state index is -0.665. The van der Waals surface area contributed by atoms with Crippen molar-refractivity contribution in [3.05, 3.63) is 0 Å². The third kappa shape index (κ3) is 4.02. The van der Waals surface area contributed by atoms with Crippen LogP contribution in [-0.2, 0) is 20.3 Å². The molecule has 0 aliphatic carbocycles. The lowest BCUT2D eigenvalue weighted by atomic mass is 9.90. The van der Waals surface area contributed by atoms with Crippen molar-refractivity contribution in [2.45, 2.75) is 37.3 Å². The van der Waals surface area contributed by atoms with E-state index >= 15 is 0 Å². The molecule has 2 aliphatic heterocycles. The van der Waals surface area contributed by atoms with Gasteiger partial charge in [-0.1, -0.05) is 0 Å². The highest BCUT2D eigenvalue weighted by atomic mass is 32.2. The minimum absolute atomic E-state index is 0.0104. The molecule has 1 spiro atoms. The second-order valence-corrected chi connectivity index (χ2v) is 6.66. The van der Waals surface area contributed by atoms with Gasteiger partial charge in [0.2, 0.25) is 0 Å². The van der Waals surface area contributed by atoms with Crippen molar-refractivity contribution < 1.29 is 13.7 Å². The zero-order valence-corrected chi connectivity index (χ0v) is 11.4. The Labute approximate surface area is 106 Å². The van der Waals surface area contributed by atoms with Gasteiger partial charge in [0.1, 0.15) is 0 Å². The maximum Gasteiger partial charge on any atom is 0.0951 e. The molecular formula is C12H23NO3S. The molecular weight excluding hydrogens is 238 g/mol. The van der Waals surface area contributed by atoms with Crippen molar-refractivity contribution in [1.82, 2.24) is 5.32 Å². The Morgan fingerprint density at radius 2 is 2.35 bits per heavy atom. The quantitative estimate of drug-likeness (QED) is 0.740. The lowest BCUT2D eigenvalue weighted by Gasteiger charge is -2.37. The molecule has 2 aliphatic rings. The molecule has 0 saturated carbocycles. The summed E-state index contributed by atoms with van der Waals surface area (Å²) >= 11 is 0. The van der Waals surface area contributed by atoms with Gasteiger partial charge in [-0.05, 0) is 25.8 Å². The average Bonchev–Trinajstić information content (AvgIpc) is 2.73. The van der Waals surface area contributed by atoms with E-state index in [1.165, 1.54) is 0 Å². The summed E-state index contributed by atoms with van der Waals surface area (Å²) in [7, 11) is -0.665. The van der Waals surface area contributed by atoms with Gasteiger partial charge in [-0.3, -0.25) is 4.21 Å². The van der Waals surface area contributed by atoms with E-state index in [-0.39, 0.29) is 5.60 Å². The Balaban J connectivity index is 1.68. The van der Waals surface area contributed by atoms with Gasteiger partial charge in [-0.2, -0.15) is 0 Å². The molecule has 2 saturated heterocycles. The molecule has 0 amide bonds. The predicted octanol–water partition coefficient (Wildman–Crippen LogP) is 0.683. The number of rotatable bonds is 5. The summed E-state index contributed by atoms with van der Waals surface area (Å²) in [5, 5.41) is 3.56. The first-order chi connectivity index (χ1) is 8.20. The van der Waals surface area contributed by atoms with Gasteiger partial charge in [0.25, 0.3) is 0 Å². The van der Waals surface area contributed by atoms with Crippen molar-refractivity contribution in [2.75, 3.05) is 38.4 Å². The SMILES string of the molecule is CS(=O)CCCNC1CCOC2(CCOC2)C1. The molecule has 0 aromatic heterocycles. The Bertz CT molecular complexity index is 266. The monoisotopic (exact) mass is 261 g/mol. The van der Waals surface area contributed by atoms with Gasteiger partial charge in [0.15, 0.2) is 0 Å². The number of hydrogen-bond donors (Lipinski definition) is 1. The third-order valence-electron chi connectivity index (χ3n) is 3.60. The van der Waals surface area contributed by atoms with Crippen LogP contribution >= 0.6 is 0 Å².